The molecule has 0 radical (unpaired) electrons. The van der Waals surface area contributed by atoms with Crippen molar-refractivity contribution in [1.29, 1.82) is 0 Å². The highest BCUT2D eigenvalue weighted by molar-refractivity contribution is 5.88. The van der Waals surface area contributed by atoms with Gasteiger partial charge in [-0.25, -0.2) is 0 Å². The van der Waals surface area contributed by atoms with Crippen LogP contribution in [0.4, 0.5) is 0 Å². The predicted octanol–water partition coefficient (Wildman–Crippen LogP) is 9.91. The fourth-order valence-electron chi connectivity index (χ4n) is 4.62. The second kappa shape index (κ2) is 12.4. The van der Waals surface area contributed by atoms with Crippen molar-refractivity contribution < 1.29 is 4.74 Å². The molecule has 0 spiro atoms. The van der Waals surface area contributed by atoms with Crippen LogP contribution in [-0.2, 0) is 6.42 Å². The van der Waals surface area contributed by atoms with Crippen molar-refractivity contribution in [2.45, 2.75) is 59.3 Å². The van der Waals surface area contributed by atoms with Crippen LogP contribution in [0, 0.1) is 6.92 Å². The monoisotopic (exact) mass is 462 g/mol. The van der Waals surface area contributed by atoms with Crippen molar-refractivity contribution in [3.8, 4) is 39.1 Å². The molecule has 0 fully saturated rings. The Kier molecular flexibility index (Phi) is 8.79. The van der Waals surface area contributed by atoms with Gasteiger partial charge in [0.2, 0.25) is 0 Å². The normalized spacial score (nSPS) is 10.9. The van der Waals surface area contributed by atoms with Gasteiger partial charge < -0.3 is 4.74 Å². The van der Waals surface area contributed by atoms with Crippen molar-refractivity contribution in [3.05, 3.63) is 102 Å². The van der Waals surface area contributed by atoms with Crippen molar-refractivity contribution >= 4 is 0 Å². The van der Waals surface area contributed by atoms with E-state index in [4.69, 9.17) is 4.74 Å². The molecule has 0 saturated carbocycles. The first-order valence-corrected chi connectivity index (χ1v) is 13.2. The molecule has 0 aliphatic rings. The zero-order valence-corrected chi connectivity index (χ0v) is 21.5. The van der Waals surface area contributed by atoms with Crippen molar-refractivity contribution in [3.63, 3.8) is 0 Å². The second-order valence-electron chi connectivity index (χ2n) is 9.46. The summed E-state index contributed by atoms with van der Waals surface area (Å²) < 4.78 is 5.95. The molecular weight excluding hydrogens is 424 g/mol. The van der Waals surface area contributed by atoms with E-state index in [2.05, 4.69) is 112 Å². The Morgan fingerprint density at radius 2 is 1.29 bits per heavy atom. The lowest BCUT2D eigenvalue weighted by molar-refractivity contribution is 0.309. The Labute approximate surface area is 211 Å². The fraction of sp³-hybridized carbons (Fsp3) is 0.294. The Morgan fingerprint density at radius 1 is 0.571 bits per heavy atom. The molecule has 4 aromatic carbocycles. The molecule has 1 heteroatoms. The molecule has 4 rings (SSSR count). The zero-order chi connectivity index (χ0) is 24.5. The van der Waals surface area contributed by atoms with Gasteiger partial charge in [0.1, 0.15) is 5.75 Å². The summed E-state index contributed by atoms with van der Waals surface area (Å²) in [6.45, 7) is 7.40. The van der Waals surface area contributed by atoms with Crippen molar-refractivity contribution in [2.75, 3.05) is 6.61 Å². The third-order valence-corrected chi connectivity index (χ3v) is 6.72. The molecule has 35 heavy (non-hydrogen) atoms. The lowest BCUT2D eigenvalue weighted by atomic mass is 9.89. The maximum Gasteiger partial charge on any atom is 0.119 e. The minimum atomic E-state index is 0.774. The molecule has 4 aromatic rings. The van der Waals surface area contributed by atoms with Crippen molar-refractivity contribution in [1.82, 2.24) is 0 Å². The molecule has 0 atom stereocenters. The van der Waals surface area contributed by atoms with E-state index in [0.717, 1.165) is 25.2 Å². The summed E-state index contributed by atoms with van der Waals surface area (Å²) in [6.07, 6.45) is 7.23. The Hall–Kier alpha value is -3.32. The van der Waals surface area contributed by atoms with Gasteiger partial charge >= 0.3 is 0 Å². The van der Waals surface area contributed by atoms with Gasteiger partial charge in [-0.05, 0) is 88.9 Å². The number of unbranched alkanes of at least 4 members (excludes halogenated alkanes) is 3. The SMILES string of the molecule is CCCCCc1ccc(-c2ccc(-c3ccc(OCCCC)cc3C)c(-c3ccccc3)c2)cc1. The minimum Gasteiger partial charge on any atom is -0.494 e. The van der Waals surface area contributed by atoms with Crippen LogP contribution < -0.4 is 4.74 Å². The van der Waals surface area contributed by atoms with E-state index >= 15 is 0 Å². The molecule has 0 aromatic heterocycles. The second-order valence-corrected chi connectivity index (χ2v) is 9.46. The Bertz CT molecular complexity index is 1210. The standard InChI is InChI=1S/C34H38O/c1-4-6-9-12-27-15-17-28(18-16-27)30-19-21-33(34(25-30)29-13-10-8-11-14-29)32-22-20-31(24-26(32)3)35-23-7-5-2/h8,10-11,13-22,24-25H,4-7,9,12,23H2,1-3H3. The smallest absolute Gasteiger partial charge is 0.119 e. The van der Waals surface area contributed by atoms with Gasteiger partial charge in [-0.2, -0.15) is 0 Å². The highest BCUT2D eigenvalue weighted by Gasteiger charge is 2.12. The Morgan fingerprint density at radius 3 is 2.00 bits per heavy atom. The number of ether oxygens (including phenoxy) is 1. The molecule has 0 aliphatic heterocycles. The lowest BCUT2D eigenvalue weighted by Gasteiger charge is -2.16. The summed E-state index contributed by atoms with van der Waals surface area (Å²) in [6, 6.07) is 33.3. The number of rotatable bonds is 11. The van der Waals surface area contributed by atoms with Gasteiger partial charge in [0.25, 0.3) is 0 Å². The summed E-state index contributed by atoms with van der Waals surface area (Å²) in [7, 11) is 0. The molecule has 0 heterocycles. The third-order valence-electron chi connectivity index (χ3n) is 6.72. The maximum atomic E-state index is 5.95. The van der Waals surface area contributed by atoms with Gasteiger partial charge in [-0.3, -0.25) is 0 Å². The summed E-state index contributed by atoms with van der Waals surface area (Å²) in [5.74, 6) is 0.955. The average molecular weight is 463 g/mol. The van der Waals surface area contributed by atoms with E-state index in [1.807, 2.05) is 0 Å². The highest BCUT2D eigenvalue weighted by Crippen LogP contribution is 2.38. The fourth-order valence-corrected chi connectivity index (χ4v) is 4.62. The van der Waals surface area contributed by atoms with Crippen LogP contribution in [0.2, 0.25) is 0 Å². The zero-order valence-electron chi connectivity index (χ0n) is 21.5. The topological polar surface area (TPSA) is 9.23 Å². The Balaban J connectivity index is 1.68. The minimum absolute atomic E-state index is 0.774. The number of hydrogen-bond acceptors (Lipinski definition) is 1. The van der Waals surface area contributed by atoms with Crippen LogP contribution in [-0.4, -0.2) is 6.61 Å². The quantitative estimate of drug-likeness (QED) is 0.201. The van der Waals surface area contributed by atoms with E-state index in [1.54, 1.807) is 0 Å². The van der Waals surface area contributed by atoms with Crippen LogP contribution in [0.15, 0.2) is 91.0 Å². The largest absolute Gasteiger partial charge is 0.494 e. The predicted molar refractivity (Wildman–Crippen MR) is 151 cm³/mol. The lowest BCUT2D eigenvalue weighted by Crippen LogP contribution is -1.97. The summed E-state index contributed by atoms with van der Waals surface area (Å²) in [4.78, 5) is 0. The van der Waals surface area contributed by atoms with E-state index in [9.17, 15) is 0 Å². The van der Waals surface area contributed by atoms with Gasteiger partial charge in [-0.1, -0.05) is 106 Å². The number of benzene rings is 4. The van der Waals surface area contributed by atoms with Gasteiger partial charge in [-0.15, -0.1) is 0 Å². The first-order chi connectivity index (χ1) is 17.2. The molecule has 180 valence electrons. The van der Waals surface area contributed by atoms with Crippen molar-refractivity contribution in [2.24, 2.45) is 0 Å². The molecule has 0 unspecified atom stereocenters. The maximum absolute atomic E-state index is 5.95. The molecule has 0 saturated heterocycles. The van der Waals surface area contributed by atoms with Crippen LogP contribution in [0.5, 0.6) is 5.75 Å². The molecule has 0 amide bonds. The first kappa shape index (κ1) is 24.8. The molecule has 1 nitrogen and oxygen atoms in total. The van der Waals surface area contributed by atoms with Gasteiger partial charge in [0.05, 0.1) is 6.61 Å². The first-order valence-electron chi connectivity index (χ1n) is 13.2. The average Bonchev–Trinajstić information content (AvgIpc) is 2.90. The molecule has 0 bridgehead atoms. The van der Waals surface area contributed by atoms with Gasteiger partial charge in [0.15, 0.2) is 0 Å². The van der Waals surface area contributed by atoms with Crippen LogP contribution in [0.3, 0.4) is 0 Å². The number of aryl methyl sites for hydroxylation is 2. The van der Waals surface area contributed by atoms with E-state index in [-0.39, 0.29) is 0 Å². The van der Waals surface area contributed by atoms with Crippen LogP contribution in [0.25, 0.3) is 33.4 Å². The van der Waals surface area contributed by atoms with Crippen LogP contribution >= 0.6 is 0 Å². The molecule has 0 N–H and O–H groups in total. The summed E-state index contributed by atoms with van der Waals surface area (Å²) in [5.41, 5.74) is 10.2. The van der Waals surface area contributed by atoms with Crippen LogP contribution in [0.1, 0.15) is 57.1 Å². The van der Waals surface area contributed by atoms with E-state index in [0.29, 0.717) is 0 Å². The molecular formula is C34H38O. The van der Waals surface area contributed by atoms with E-state index in [1.165, 1.54) is 70.2 Å². The summed E-state index contributed by atoms with van der Waals surface area (Å²) >= 11 is 0. The van der Waals surface area contributed by atoms with E-state index < -0.39 is 0 Å². The highest BCUT2D eigenvalue weighted by atomic mass is 16.5. The molecule has 0 aliphatic carbocycles. The summed E-state index contributed by atoms with van der Waals surface area (Å²) in [5, 5.41) is 0. The van der Waals surface area contributed by atoms with Gasteiger partial charge in [0, 0.05) is 0 Å². The number of hydrogen-bond donors (Lipinski definition) is 0. The third kappa shape index (κ3) is 6.42.